The van der Waals surface area contributed by atoms with E-state index in [0.717, 1.165) is 32.8 Å². The number of rotatable bonds is 4. The Labute approximate surface area is 117 Å². The van der Waals surface area contributed by atoms with Gasteiger partial charge in [-0.1, -0.05) is 12.1 Å². The second kappa shape index (κ2) is 6.68. The first-order valence-corrected chi connectivity index (χ1v) is 7.07. The number of likely N-dealkylation sites (N-methyl/N-ethyl adjacent to an activating group) is 1. The molecule has 1 fully saturated rings. The fourth-order valence-electron chi connectivity index (χ4n) is 2.05. The van der Waals surface area contributed by atoms with Gasteiger partial charge < -0.3 is 10.1 Å². The number of hydrogen-bond donors (Lipinski definition) is 1. The summed E-state index contributed by atoms with van der Waals surface area (Å²) in [4.78, 5) is 2.32. The quantitative estimate of drug-likeness (QED) is 0.841. The Bertz CT molecular complexity index is 336. The van der Waals surface area contributed by atoms with E-state index in [0.29, 0.717) is 6.10 Å². The number of morpholine rings is 1. The van der Waals surface area contributed by atoms with Crippen molar-refractivity contribution >= 4 is 22.6 Å². The third-order valence-corrected chi connectivity index (χ3v) is 3.60. The monoisotopic (exact) mass is 346 g/mol. The van der Waals surface area contributed by atoms with Crippen molar-refractivity contribution < 1.29 is 4.74 Å². The van der Waals surface area contributed by atoms with Gasteiger partial charge in [0.25, 0.3) is 0 Å². The van der Waals surface area contributed by atoms with Crippen molar-refractivity contribution in [2.75, 3.05) is 33.3 Å². The average molecular weight is 346 g/mol. The molecule has 17 heavy (non-hydrogen) atoms. The van der Waals surface area contributed by atoms with Crippen LogP contribution in [0.25, 0.3) is 0 Å². The molecule has 1 N–H and O–H groups in total. The second-order valence-corrected chi connectivity index (χ2v) is 5.77. The van der Waals surface area contributed by atoms with E-state index < -0.39 is 0 Å². The Morgan fingerprint density at radius 3 is 2.82 bits per heavy atom. The fraction of sp³-hybridized carbons (Fsp3) is 0.538. The first kappa shape index (κ1) is 13.3. The summed E-state index contributed by atoms with van der Waals surface area (Å²) in [5, 5.41) is 3.36. The van der Waals surface area contributed by atoms with Gasteiger partial charge in [-0.25, -0.2) is 0 Å². The zero-order chi connectivity index (χ0) is 12.1. The van der Waals surface area contributed by atoms with E-state index in [1.807, 2.05) is 0 Å². The molecular formula is C13H19IN2O. The summed E-state index contributed by atoms with van der Waals surface area (Å²) >= 11 is 2.33. The fourth-order valence-corrected chi connectivity index (χ4v) is 2.41. The Hall–Kier alpha value is -0.170. The molecule has 1 aliphatic heterocycles. The molecule has 1 saturated heterocycles. The normalized spacial score (nSPS) is 20.8. The molecule has 1 aromatic carbocycles. The van der Waals surface area contributed by atoms with Crippen molar-refractivity contribution in [3.05, 3.63) is 33.4 Å². The molecule has 1 heterocycles. The average Bonchev–Trinajstić information content (AvgIpc) is 2.33. The van der Waals surface area contributed by atoms with Crippen LogP contribution in [0, 0.1) is 3.57 Å². The van der Waals surface area contributed by atoms with Gasteiger partial charge in [0.15, 0.2) is 0 Å². The maximum atomic E-state index is 5.70. The molecule has 94 valence electrons. The molecule has 4 heteroatoms. The van der Waals surface area contributed by atoms with Gasteiger partial charge in [-0.15, -0.1) is 0 Å². The first-order valence-electron chi connectivity index (χ1n) is 5.99. The van der Waals surface area contributed by atoms with Gasteiger partial charge in [-0.3, -0.25) is 4.90 Å². The molecule has 3 nitrogen and oxygen atoms in total. The van der Waals surface area contributed by atoms with Crippen LogP contribution in [0.2, 0.25) is 0 Å². The molecule has 0 bridgehead atoms. The van der Waals surface area contributed by atoms with Crippen LogP contribution >= 0.6 is 22.6 Å². The third-order valence-electron chi connectivity index (χ3n) is 2.89. The highest BCUT2D eigenvalue weighted by atomic mass is 127. The molecular weight excluding hydrogens is 327 g/mol. The molecule has 1 aromatic rings. The van der Waals surface area contributed by atoms with Gasteiger partial charge in [0, 0.05) is 29.7 Å². The predicted molar refractivity (Wildman–Crippen MR) is 78.1 cm³/mol. The Balaban J connectivity index is 1.79. The minimum Gasteiger partial charge on any atom is -0.374 e. The van der Waals surface area contributed by atoms with E-state index in [4.69, 9.17) is 4.74 Å². The van der Waals surface area contributed by atoms with Crippen LogP contribution in [0.3, 0.4) is 0 Å². The van der Waals surface area contributed by atoms with Gasteiger partial charge in [0.05, 0.1) is 12.7 Å². The molecule has 0 radical (unpaired) electrons. The third kappa shape index (κ3) is 4.54. The molecule has 0 spiro atoms. The van der Waals surface area contributed by atoms with E-state index in [1.165, 1.54) is 9.13 Å². The molecule has 2 rings (SSSR count). The molecule has 0 aliphatic carbocycles. The lowest BCUT2D eigenvalue weighted by molar-refractivity contribution is 0.00885. The predicted octanol–water partition coefficient (Wildman–Crippen LogP) is 1.71. The Morgan fingerprint density at radius 2 is 2.18 bits per heavy atom. The van der Waals surface area contributed by atoms with Gasteiger partial charge in [-0.2, -0.15) is 0 Å². The van der Waals surface area contributed by atoms with Gasteiger partial charge in [0.1, 0.15) is 0 Å². The van der Waals surface area contributed by atoms with Crippen molar-refractivity contribution in [2.45, 2.75) is 12.6 Å². The Morgan fingerprint density at radius 1 is 1.41 bits per heavy atom. The summed E-state index contributed by atoms with van der Waals surface area (Å²) < 4.78 is 6.99. The highest BCUT2D eigenvalue weighted by Crippen LogP contribution is 2.09. The van der Waals surface area contributed by atoms with Gasteiger partial charge in [0.2, 0.25) is 0 Å². The molecule has 0 amide bonds. The topological polar surface area (TPSA) is 24.5 Å². The Kier molecular flexibility index (Phi) is 5.21. The number of nitrogens with one attached hydrogen (secondary N) is 1. The SMILES string of the molecule is CN(Cc1ccc(I)cc1)CC1CNCCO1. The lowest BCUT2D eigenvalue weighted by atomic mass is 10.2. The van der Waals surface area contributed by atoms with Crippen LogP contribution in [-0.4, -0.2) is 44.3 Å². The summed E-state index contributed by atoms with van der Waals surface area (Å²) in [7, 11) is 2.15. The highest BCUT2D eigenvalue weighted by Gasteiger charge is 2.15. The molecule has 1 atom stereocenters. The summed E-state index contributed by atoms with van der Waals surface area (Å²) in [5.41, 5.74) is 1.36. The molecule has 1 aliphatic rings. The summed E-state index contributed by atoms with van der Waals surface area (Å²) in [6, 6.07) is 8.70. The van der Waals surface area contributed by atoms with Crippen molar-refractivity contribution in [1.29, 1.82) is 0 Å². The van der Waals surface area contributed by atoms with Crippen LogP contribution in [0.15, 0.2) is 24.3 Å². The summed E-state index contributed by atoms with van der Waals surface area (Å²) in [6.45, 7) is 4.76. The van der Waals surface area contributed by atoms with Gasteiger partial charge in [-0.05, 0) is 47.3 Å². The lowest BCUT2D eigenvalue weighted by Crippen LogP contribution is -2.44. The summed E-state index contributed by atoms with van der Waals surface area (Å²) in [6.07, 6.45) is 0.331. The largest absolute Gasteiger partial charge is 0.374 e. The standard InChI is InChI=1S/C13H19IN2O/c1-16(10-13-8-15-6-7-17-13)9-11-2-4-12(14)5-3-11/h2-5,13,15H,6-10H2,1H3. The molecule has 1 unspecified atom stereocenters. The second-order valence-electron chi connectivity index (χ2n) is 4.52. The number of nitrogens with zero attached hydrogens (tertiary/aromatic N) is 1. The lowest BCUT2D eigenvalue weighted by Gasteiger charge is -2.28. The van der Waals surface area contributed by atoms with E-state index >= 15 is 0 Å². The molecule has 0 aromatic heterocycles. The minimum absolute atomic E-state index is 0.331. The van der Waals surface area contributed by atoms with Crippen molar-refractivity contribution in [3.63, 3.8) is 0 Å². The number of benzene rings is 1. The number of ether oxygens (including phenoxy) is 1. The van der Waals surface area contributed by atoms with Crippen molar-refractivity contribution in [2.24, 2.45) is 0 Å². The number of hydrogen-bond acceptors (Lipinski definition) is 3. The maximum Gasteiger partial charge on any atom is 0.0826 e. The van der Waals surface area contributed by atoms with Crippen LogP contribution < -0.4 is 5.32 Å². The minimum atomic E-state index is 0.331. The van der Waals surface area contributed by atoms with Crippen molar-refractivity contribution in [3.8, 4) is 0 Å². The van der Waals surface area contributed by atoms with E-state index in [-0.39, 0.29) is 0 Å². The van der Waals surface area contributed by atoms with Crippen LogP contribution in [0.5, 0.6) is 0 Å². The smallest absolute Gasteiger partial charge is 0.0826 e. The highest BCUT2D eigenvalue weighted by molar-refractivity contribution is 14.1. The van der Waals surface area contributed by atoms with Gasteiger partial charge >= 0.3 is 0 Å². The van der Waals surface area contributed by atoms with Crippen LogP contribution in [0.4, 0.5) is 0 Å². The summed E-state index contributed by atoms with van der Waals surface area (Å²) in [5.74, 6) is 0. The zero-order valence-electron chi connectivity index (χ0n) is 10.2. The van der Waals surface area contributed by atoms with Crippen LogP contribution in [0.1, 0.15) is 5.56 Å². The zero-order valence-corrected chi connectivity index (χ0v) is 12.3. The van der Waals surface area contributed by atoms with E-state index in [1.54, 1.807) is 0 Å². The first-order chi connectivity index (χ1) is 8.24. The number of halogens is 1. The van der Waals surface area contributed by atoms with Crippen molar-refractivity contribution in [1.82, 2.24) is 10.2 Å². The van der Waals surface area contributed by atoms with Crippen LogP contribution in [-0.2, 0) is 11.3 Å². The maximum absolute atomic E-state index is 5.70. The van der Waals surface area contributed by atoms with E-state index in [9.17, 15) is 0 Å². The molecule has 0 saturated carbocycles. The van der Waals surface area contributed by atoms with E-state index in [2.05, 4.69) is 64.1 Å².